The summed E-state index contributed by atoms with van der Waals surface area (Å²) in [5, 5.41) is 0.981. The molecule has 3 heterocycles. The summed E-state index contributed by atoms with van der Waals surface area (Å²) in [5.41, 5.74) is 8.84. The molecule has 8 heteroatoms. The summed E-state index contributed by atoms with van der Waals surface area (Å²) in [5.74, 6) is 1.09. The maximum atomic E-state index is 12.4. The number of nitrogens with zero attached hydrogens (tertiary/aromatic N) is 3. The number of hydrogen-bond acceptors (Lipinski definition) is 8. The first-order valence-electron chi connectivity index (χ1n) is 9.92. The van der Waals surface area contributed by atoms with Crippen molar-refractivity contribution in [3.8, 4) is 11.3 Å². The second kappa shape index (κ2) is 7.87. The average Bonchev–Trinajstić information content (AvgIpc) is 3.35. The van der Waals surface area contributed by atoms with Crippen molar-refractivity contribution in [2.24, 2.45) is 0 Å². The van der Waals surface area contributed by atoms with E-state index in [2.05, 4.69) is 15.0 Å². The highest BCUT2D eigenvalue weighted by molar-refractivity contribution is 7.19. The Balaban J connectivity index is 1.31. The van der Waals surface area contributed by atoms with E-state index in [1.54, 1.807) is 41.8 Å². The molecule has 0 saturated heterocycles. The monoisotopic (exact) mass is 420 g/mol. The number of aromatic nitrogens is 3. The molecule has 0 fully saturated rings. The lowest BCUT2D eigenvalue weighted by atomic mass is 10.1. The highest BCUT2D eigenvalue weighted by Crippen LogP contribution is 2.37. The number of rotatable bonds is 4. The fraction of sp³-hybridized carbons (Fsp3) is 0.273. The largest absolute Gasteiger partial charge is 0.454 e. The van der Waals surface area contributed by atoms with Crippen molar-refractivity contribution in [3.05, 3.63) is 58.7 Å². The summed E-state index contributed by atoms with van der Waals surface area (Å²) >= 11 is 1.69. The highest BCUT2D eigenvalue weighted by Gasteiger charge is 2.20. The molecule has 1 aromatic carbocycles. The maximum absolute atomic E-state index is 12.4. The Hall–Kier alpha value is -3.26. The van der Waals surface area contributed by atoms with Crippen molar-refractivity contribution in [1.82, 2.24) is 15.0 Å². The summed E-state index contributed by atoms with van der Waals surface area (Å²) in [4.78, 5) is 27.6. The zero-order chi connectivity index (χ0) is 20.5. The van der Waals surface area contributed by atoms with Gasteiger partial charge in [-0.25, -0.2) is 19.7 Å². The Morgan fingerprint density at radius 3 is 2.77 bits per heavy atom. The number of thiophene rings is 1. The van der Waals surface area contributed by atoms with Crippen LogP contribution in [0.2, 0.25) is 0 Å². The molecule has 5 rings (SSSR count). The summed E-state index contributed by atoms with van der Waals surface area (Å²) in [6.07, 6.45) is 8.71. The minimum Gasteiger partial charge on any atom is -0.454 e. The van der Waals surface area contributed by atoms with E-state index in [1.807, 2.05) is 0 Å². The predicted octanol–water partition coefficient (Wildman–Crippen LogP) is 4.55. The Bertz CT molecular complexity index is 1200. The van der Waals surface area contributed by atoms with Crippen LogP contribution in [0.3, 0.4) is 0 Å². The van der Waals surface area contributed by atoms with Crippen LogP contribution in [0.4, 0.5) is 5.82 Å². The smallest absolute Gasteiger partial charge is 0.338 e. The van der Waals surface area contributed by atoms with Gasteiger partial charge in [-0.2, -0.15) is 0 Å². The number of nitrogens with two attached hydrogens (primary N) is 1. The molecule has 0 atom stereocenters. The maximum Gasteiger partial charge on any atom is 0.338 e. The number of oxazole rings is 1. The number of anilines is 1. The number of aryl methyl sites for hydroxylation is 2. The van der Waals surface area contributed by atoms with Crippen LogP contribution >= 0.6 is 11.3 Å². The van der Waals surface area contributed by atoms with E-state index >= 15 is 0 Å². The predicted molar refractivity (Wildman–Crippen MR) is 114 cm³/mol. The third-order valence-electron chi connectivity index (χ3n) is 5.31. The lowest BCUT2D eigenvalue weighted by Crippen LogP contribution is -2.08. The quantitative estimate of drug-likeness (QED) is 0.381. The molecule has 0 saturated carbocycles. The number of nitrogen functional groups attached to an aromatic ring is 1. The van der Waals surface area contributed by atoms with Crippen molar-refractivity contribution in [1.29, 1.82) is 0 Å². The van der Waals surface area contributed by atoms with Gasteiger partial charge in [0.15, 0.2) is 24.6 Å². The summed E-state index contributed by atoms with van der Waals surface area (Å²) in [7, 11) is 0. The summed E-state index contributed by atoms with van der Waals surface area (Å²) in [6, 6.07) is 6.95. The van der Waals surface area contributed by atoms with Gasteiger partial charge in [-0.05, 0) is 43.4 Å². The molecule has 2 N–H and O–H groups in total. The molecule has 0 spiro atoms. The second-order valence-electron chi connectivity index (χ2n) is 7.29. The van der Waals surface area contributed by atoms with Gasteiger partial charge in [-0.3, -0.25) is 0 Å². The fourth-order valence-electron chi connectivity index (χ4n) is 3.82. The fourth-order valence-corrected chi connectivity index (χ4v) is 5.10. The molecule has 0 unspecified atom stereocenters. The SMILES string of the molecule is Nc1nc(COC(=O)c2ccc(-c3cnco3)cc2)nc2sc3c(c12)CCCCC3. The first-order chi connectivity index (χ1) is 14.7. The van der Waals surface area contributed by atoms with E-state index in [-0.39, 0.29) is 6.61 Å². The summed E-state index contributed by atoms with van der Waals surface area (Å²) < 4.78 is 10.7. The van der Waals surface area contributed by atoms with Crippen LogP contribution in [-0.2, 0) is 24.2 Å². The second-order valence-corrected chi connectivity index (χ2v) is 8.37. The number of carbonyl (C=O) groups excluding carboxylic acids is 1. The highest BCUT2D eigenvalue weighted by atomic mass is 32.1. The van der Waals surface area contributed by atoms with Crippen molar-refractivity contribution in [3.63, 3.8) is 0 Å². The number of fused-ring (bicyclic) bond motifs is 3. The first kappa shape index (κ1) is 18.7. The van der Waals surface area contributed by atoms with E-state index in [0.29, 0.717) is 23.0 Å². The minimum absolute atomic E-state index is 0.0224. The lowest BCUT2D eigenvalue weighted by Gasteiger charge is -2.07. The van der Waals surface area contributed by atoms with Gasteiger partial charge in [0.2, 0.25) is 0 Å². The molecule has 1 aliphatic rings. The van der Waals surface area contributed by atoms with Gasteiger partial charge < -0.3 is 14.9 Å². The number of ether oxygens (including phenoxy) is 1. The molecular weight excluding hydrogens is 400 g/mol. The molecule has 152 valence electrons. The van der Waals surface area contributed by atoms with Crippen LogP contribution in [0.25, 0.3) is 21.5 Å². The van der Waals surface area contributed by atoms with E-state index in [0.717, 1.165) is 28.6 Å². The number of hydrogen-bond donors (Lipinski definition) is 1. The molecule has 0 aliphatic heterocycles. The third kappa shape index (κ3) is 3.54. The Labute approximate surface area is 176 Å². The summed E-state index contributed by atoms with van der Waals surface area (Å²) in [6.45, 7) is -0.0224. The number of benzene rings is 1. The molecule has 0 bridgehead atoms. The number of carbonyl (C=O) groups is 1. The minimum atomic E-state index is -0.441. The van der Waals surface area contributed by atoms with E-state index in [1.165, 1.54) is 36.1 Å². The normalized spacial score (nSPS) is 13.7. The molecular formula is C22H20N4O3S. The first-order valence-corrected chi connectivity index (χ1v) is 10.7. The van der Waals surface area contributed by atoms with Gasteiger partial charge in [0.1, 0.15) is 10.6 Å². The van der Waals surface area contributed by atoms with Crippen molar-refractivity contribution >= 4 is 33.3 Å². The average molecular weight is 420 g/mol. The molecule has 4 aromatic rings. The zero-order valence-electron chi connectivity index (χ0n) is 16.3. The number of esters is 1. The van der Waals surface area contributed by atoms with Crippen molar-refractivity contribution in [2.45, 2.75) is 38.7 Å². The van der Waals surface area contributed by atoms with Crippen LogP contribution in [0, 0.1) is 0 Å². The Morgan fingerprint density at radius 2 is 1.97 bits per heavy atom. The van der Waals surface area contributed by atoms with Gasteiger partial charge in [0, 0.05) is 10.4 Å². The van der Waals surface area contributed by atoms with Gasteiger partial charge in [-0.15, -0.1) is 11.3 Å². The van der Waals surface area contributed by atoms with E-state index < -0.39 is 5.97 Å². The Kier molecular flexibility index (Phi) is 4.92. The standard InChI is InChI=1S/C22H20N4O3S/c23-20-19-15-4-2-1-3-5-17(15)30-21(19)26-18(25-20)11-28-22(27)14-8-6-13(7-9-14)16-10-24-12-29-16/h6-10,12H,1-5,11H2,(H2,23,25,26). The molecule has 0 amide bonds. The molecule has 7 nitrogen and oxygen atoms in total. The van der Waals surface area contributed by atoms with Crippen LogP contribution < -0.4 is 5.73 Å². The van der Waals surface area contributed by atoms with Gasteiger partial charge in [-0.1, -0.05) is 18.6 Å². The van der Waals surface area contributed by atoms with Gasteiger partial charge in [0.25, 0.3) is 0 Å². The van der Waals surface area contributed by atoms with Crippen LogP contribution in [0.15, 0.2) is 41.3 Å². The molecule has 3 aromatic heterocycles. The van der Waals surface area contributed by atoms with E-state index in [4.69, 9.17) is 14.9 Å². The van der Waals surface area contributed by atoms with Crippen LogP contribution in [-0.4, -0.2) is 20.9 Å². The molecule has 1 aliphatic carbocycles. The van der Waals surface area contributed by atoms with Crippen LogP contribution in [0.1, 0.15) is 45.9 Å². The lowest BCUT2D eigenvalue weighted by molar-refractivity contribution is 0.0463. The molecule has 0 radical (unpaired) electrons. The van der Waals surface area contributed by atoms with Crippen molar-refractivity contribution < 1.29 is 13.9 Å². The van der Waals surface area contributed by atoms with Crippen LogP contribution in [0.5, 0.6) is 0 Å². The topological polar surface area (TPSA) is 104 Å². The Morgan fingerprint density at radius 1 is 1.13 bits per heavy atom. The van der Waals surface area contributed by atoms with Gasteiger partial charge in [0.05, 0.1) is 17.1 Å². The van der Waals surface area contributed by atoms with E-state index in [9.17, 15) is 4.79 Å². The van der Waals surface area contributed by atoms with Gasteiger partial charge >= 0.3 is 5.97 Å². The third-order valence-corrected chi connectivity index (χ3v) is 6.49. The zero-order valence-corrected chi connectivity index (χ0v) is 17.1. The van der Waals surface area contributed by atoms with Crippen molar-refractivity contribution in [2.75, 3.05) is 5.73 Å². The molecule has 30 heavy (non-hydrogen) atoms.